The Morgan fingerprint density at radius 2 is 1.91 bits per heavy atom. The van der Waals surface area contributed by atoms with E-state index in [-0.39, 0.29) is 17.8 Å². The van der Waals surface area contributed by atoms with E-state index in [1.165, 1.54) is 6.08 Å². The fraction of sp³-hybridized carbons (Fsp3) is 0.654. The van der Waals surface area contributed by atoms with Crippen molar-refractivity contribution in [3.8, 4) is 5.75 Å². The van der Waals surface area contributed by atoms with Crippen LogP contribution in [0.3, 0.4) is 0 Å². The molecular formula is C26H34O7. The van der Waals surface area contributed by atoms with Crippen LogP contribution in [0, 0.1) is 23.7 Å². The average molecular weight is 459 g/mol. The molecule has 0 unspecified atom stereocenters. The summed E-state index contributed by atoms with van der Waals surface area (Å²) in [6.07, 6.45) is 6.15. The summed E-state index contributed by atoms with van der Waals surface area (Å²) in [5, 5.41) is 0. The monoisotopic (exact) mass is 458 g/mol. The third kappa shape index (κ3) is 3.99. The van der Waals surface area contributed by atoms with Crippen LogP contribution < -0.4 is 4.74 Å². The van der Waals surface area contributed by atoms with Crippen molar-refractivity contribution in [3.63, 3.8) is 0 Å². The molecule has 5 aliphatic rings. The summed E-state index contributed by atoms with van der Waals surface area (Å²) in [5.74, 6) is 0.744. The van der Waals surface area contributed by atoms with Crippen molar-refractivity contribution < 1.29 is 33.5 Å². The normalized spacial score (nSPS) is 41.9. The van der Waals surface area contributed by atoms with Crippen LogP contribution in [0.1, 0.15) is 58.9 Å². The Balaban J connectivity index is 1.34. The third-order valence-electron chi connectivity index (χ3n) is 7.93. The molecule has 4 saturated heterocycles. The van der Waals surface area contributed by atoms with Crippen molar-refractivity contribution in [1.29, 1.82) is 0 Å². The van der Waals surface area contributed by atoms with Gasteiger partial charge in [-0.2, -0.15) is 0 Å². The molecule has 1 aliphatic carbocycles. The van der Waals surface area contributed by atoms with Crippen LogP contribution in [0.2, 0.25) is 0 Å². The van der Waals surface area contributed by atoms with Crippen molar-refractivity contribution in [2.75, 3.05) is 6.61 Å². The summed E-state index contributed by atoms with van der Waals surface area (Å²) in [4.78, 5) is 23.6. The Morgan fingerprint density at radius 3 is 2.67 bits per heavy atom. The first-order chi connectivity index (χ1) is 15.8. The minimum absolute atomic E-state index is 0.106. The Bertz CT molecular complexity index is 898. The van der Waals surface area contributed by atoms with Crippen LogP contribution in [-0.2, 0) is 28.8 Å². The van der Waals surface area contributed by atoms with Gasteiger partial charge in [0.2, 0.25) is 12.1 Å². The maximum atomic E-state index is 11.5. The molecule has 8 atom stereocenters. The lowest BCUT2D eigenvalue weighted by atomic mass is 9.58. The van der Waals surface area contributed by atoms with E-state index in [0.717, 1.165) is 31.2 Å². The summed E-state index contributed by atoms with van der Waals surface area (Å²) in [7, 11) is 0. The smallest absolute Gasteiger partial charge is 0.330 e. The van der Waals surface area contributed by atoms with E-state index in [1.54, 1.807) is 13.0 Å². The van der Waals surface area contributed by atoms with Crippen molar-refractivity contribution in [3.05, 3.63) is 35.9 Å². The largest absolute Gasteiger partial charge is 0.465 e. The fourth-order valence-electron chi connectivity index (χ4n) is 6.15. The molecule has 4 aliphatic heterocycles. The number of carbonyl (C=O) groups is 1. The molecule has 1 spiro atoms. The second-order valence-corrected chi connectivity index (χ2v) is 10.0. The fourth-order valence-corrected chi connectivity index (χ4v) is 6.15. The zero-order chi connectivity index (χ0) is 23.2. The molecule has 1 aromatic rings. The zero-order valence-electron chi connectivity index (χ0n) is 19.8. The maximum absolute atomic E-state index is 11.5. The van der Waals surface area contributed by atoms with Crippen molar-refractivity contribution in [2.45, 2.75) is 77.3 Å². The highest BCUT2D eigenvalue weighted by atomic mass is 17.3. The molecule has 1 aromatic carbocycles. The van der Waals surface area contributed by atoms with Gasteiger partial charge >= 0.3 is 5.97 Å². The highest BCUT2D eigenvalue weighted by molar-refractivity contribution is 5.87. The predicted octanol–water partition coefficient (Wildman–Crippen LogP) is 4.85. The molecule has 0 radical (unpaired) electrons. The van der Waals surface area contributed by atoms with Gasteiger partial charge in [0.15, 0.2) is 11.9 Å². The van der Waals surface area contributed by atoms with E-state index >= 15 is 0 Å². The van der Waals surface area contributed by atoms with E-state index in [1.807, 2.05) is 31.2 Å². The average Bonchev–Trinajstić information content (AvgIpc) is 3.03. The molecular weight excluding hydrogens is 424 g/mol. The van der Waals surface area contributed by atoms with E-state index in [0.29, 0.717) is 24.2 Å². The number of esters is 1. The van der Waals surface area contributed by atoms with Crippen molar-refractivity contribution in [2.24, 2.45) is 23.7 Å². The molecule has 0 aromatic heterocycles. The molecule has 7 heteroatoms. The molecule has 0 amide bonds. The van der Waals surface area contributed by atoms with Gasteiger partial charge in [0.05, 0.1) is 6.61 Å². The van der Waals surface area contributed by atoms with E-state index in [2.05, 4.69) is 13.8 Å². The Morgan fingerprint density at radius 1 is 1.12 bits per heavy atom. The van der Waals surface area contributed by atoms with Gasteiger partial charge < -0.3 is 18.9 Å². The molecule has 2 bridgehead atoms. The standard InChI is InChI=1S/C26H34O7/c1-5-28-22(27)13-9-18-7-10-19(11-8-18)29-23-17(3)21-12-6-16(2)20-14-15-25(4)31-24(30-23)26(20,21)33-32-25/h7-11,13,16-17,20-21,23-24H,5-6,12,14-15H2,1-4H3/b13-9+/t16-,17-,20+,21+,23-,24-,25-,26-/m1/s1. The highest BCUT2D eigenvalue weighted by Gasteiger charge is 2.69. The highest BCUT2D eigenvalue weighted by Crippen LogP contribution is 2.60. The number of carbonyl (C=O) groups excluding carboxylic acids is 1. The molecule has 1 saturated carbocycles. The molecule has 33 heavy (non-hydrogen) atoms. The summed E-state index contributed by atoms with van der Waals surface area (Å²) in [5.41, 5.74) is 0.299. The minimum Gasteiger partial charge on any atom is -0.465 e. The van der Waals surface area contributed by atoms with E-state index in [9.17, 15) is 4.79 Å². The molecule has 5 fully saturated rings. The number of hydrogen-bond acceptors (Lipinski definition) is 7. The van der Waals surface area contributed by atoms with Crippen LogP contribution >= 0.6 is 0 Å². The predicted molar refractivity (Wildman–Crippen MR) is 120 cm³/mol. The summed E-state index contributed by atoms with van der Waals surface area (Å²) in [6, 6.07) is 7.58. The minimum atomic E-state index is -0.796. The number of fused-ring (bicyclic) bond motifs is 2. The van der Waals surface area contributed by atoms with Gasteiger partial charge in [0.25, 0.3) is 0 Å². The first kappa shape index (κ1) is 22.8. The molecule has 0 N–H and O–H groups in total. The molecule has 4 heterocycles. The van der Waals surface area contributed by atoms with Gasteiger partial charge in [-0.1, -0.05) is 26.0 Å². The maximum Gasteiger partial charge on any atom is 0.330 e. The topological polar surface area (TPSA) is 72.5 Å². The summed E-state index contributed by atoms with van der Waals surface area (Å²) in [6.45, 7) is 8.55. The quantitative estimate of drug-likeness (QED) is 0.355. The van der Waals surface area contributed by atoms with E-state index < -0.39 is 24.0 Å². The van der Waals surface area contributed by atoms with Gasteiger partial charge in [-0.15, -0.1) is 0 Å². The molecule has 7 nitrogen and oxygen atoms in total. The van der Waals surface area contributed by atoms with Gasteiger partial charge in [0.1, 0.15) is 5.75 Å². The van der Waals surface area contributed by atoms with Crippen LogP contribution in [0.15, 0.2) is 30.3 Å². The Kier molecular flexibility index (Phi) is 6.02. The molecule has 6 rings (SSSR count). The first-order valence-electron chi connectivity index (χ1n) is 12.2. The van der Waals surface area contributed by atoms with Gasteiger partial charge in [-0.3, -0.25) is 0 Å². The number of benzene rings is 1. The van der Waals surface area contributed by atoms with Crippen LogP contribution in [-0.4, -0.2) is 36.5 Å². The van der Waals surface area contributed by atoms with Crippen molar-refractivity contribution in [1.82, 2.24) is 0 Å². The van der Waals surface area contributed by atoms with E-state index in [4.69, 9.17) is 28.7 Å². The van der Waals surface area contributed by atoms with Crippen LogP contribution in [0.5, 0.6) is 5.75 Å². The SMILES string of the molecule is CCOC(=O)/C=C/c1ccc(O[C@@H]2O[C@@H]3O[C@@]4(C)CC[C@H]5[C@H](C)CC[C@@H]([C@H]2C)[C@@]35OO4)cc1. The third-order valence-corrected chi connectivity index (χ3v) is 7.93. The van der Waals surface area contributed by atoms with Gasteiger partial charge in [0, 0.05) is 24.3 Å². The van der Waals surface area contributed by atoms with Crippen molar-refractivity contribution >= 4 is 12.0 Å². The lowest BCUT2D eigenvalue weighted by Gasteiger charge is -2.60. The Hall–Kier alpha value is -1.93. The second-order valence-electron chi connectivity index (χ2n) is 10.0. The summed E-state index contributed by atoms with van der Waals surface area (Å²) < 4.78 is 24.1. The summed E-state index contributed by atoms with van der Waals surface area (Å²) >= 11 is 0. The molecule has 180 valence electrons. The lowest BCUT2D eigenvalue weighted by Crippen LogP contribution is -2.70. The lowest BCUT2D eigenvalue weighted by molar-refractivity contribution is -0.575. The van der Waals surface area contributed by atoms with Crippen LogP contribution in [0.25, 0.3) is 6.08 Å². The Labute approximate surface area is 195 Å². The number of rotatable bonds is 5. The van der Waals surface area contributed by atoms with Gasteiger partial charge in [-0.05, 0) is 68.7 Å². The van der Waals surface area contributed by atoms with Crippen LogP contribution in [0.4, 0.5) is 0 Å². The second kappa shape index (κ2) is 8.69. The number of hydrogen-bond donors (Lipinski definition) is 0. The van der Waals surface area contributed by atoms with Gasteiger partial charge in [-0.25, -0.2) is 14.6 Å². The zero-order valence-corrected chi connectivity index (χ0v) is 19.8. The first-order valence-corrected chi connectivity index (χ1v) is 12.2. The number of ether oxygens (including phenoxy) is 4.